The molecule has 106 valence electrons. The van der Waals surface area contributed by atoms with Gasteiger partial charge in [0, 0.05) is 18.0 Å². The van der Waals surface area contributed by atoms with Gasteiger partial charge in [-0.25, -0.2) is 4.98 Å². The Balaban J connectivity index is 2.14. The van der Waals surface area contributed by atoms with Gasteiger partial charge in [0.05, 0.1) is 15.6 Å². The zero-order valence-electron chi connectivity index (χ0n) is 11.0. The van der Waals surface area contributed by atoms with Crippen LogP contribution in [-0.2, 0) is 19.6 Å². The fourth-order valence-corrected chi connectivity index (χ4v) is 2.41. The molecule has 0 atom stereocenters. The summed E-state index contributed by atoms with van der Waals surface area (Å²) in [7, 11) is 0. The maximum absolute atomic E-state index is 11.0. The lowest BCUT2D eigenvalue weighted by atomic mass is 10.2. The topological polar surface area (TPSA) is 91.3 Å². The van der Waals surface area contributed by atoms with Crippen LogP contribution in [0.1, 0.15) is 23.2 Å². The lowest BCUT2D eigenvalue weighted by Gasteiger charge is -2.06. The Labute approximate surface area is 120 Å². The average Bonchev–Trinajstić information content (AvgIpc) is 2.92. The molecule has 0 spiro atoms. The first-order valence-electron chi connectivity index (χ1n) is 6.17. The van der Waals surface area contributed by atoms with Gasteiger partial charge in [-0.2, -0.15) is 0 Å². The third kappa shape index (κ3) is 3.31. The van der Waals surface area contributed by atoms with Crippen LogP contribution >= 0.6 is 11.3 Å². The van der Waals surface area contributed by atoms with E-state index in [0.29, 0.717) is 5.56 Å². The predicted molar refractivity (Wildman–Crippen MR) is 76.8 cm³/mol. The summed E-state index contributed by atoms with van der Waals surface area (Å²) in [6, 6.07) is 4.74. The van der Waals surface area contributed by atoms with Crippen LogP contribution < -0.4 is 10.5 Å². The van der Waals surface area contributed by atoms with Crippen LogP contribution in [0, 0.1) is 10.1 Å². The van der Waals surface area contributed by atoms with E-state index in [9.17, 15) is 10.1 Å². The third-order valence-electron chi connectivity index (χ3n) is 2.73. The number of nitro benzene ring substituents is 1. The lowest BCUT2D eigenvalue weighted by molar-refractivity contribution is -0.386. The Bertz CT molecular complexity index is 613. The Morgan fingerprint density at radius 2 is 2.30 bits per heavy atom. The van der Waals surface area contributed by atoms with Gasteiger partial charge in [0.15, 0.2) is 5.75 Å². The number of rotatable bonds is 6. The molecule has 0 amide bonds. The van der Waals surface area contributed by atoms with Crippen molar-refractivity contribution in [1.82, 2.24) is 4.98 Å². The molecule has 6 nitrogen and oxygen atoms in total. The van der Waals surface area contributed by atoms with E-state index in [-0.39, 0.29) is 24.6 Å². The number of thiazole rings is 1. The molecule has 0 saturated carbocycles. The number of nitrogens with zero attached hydrogens (tertiary/aromatic N) is 2. The summed E-state index contributed by atoms with van der Waals surface area (Å²) < 4.78 is 5.50. The molecular formula is C13H15N3O3S. The van der Waals surface area contributed by atoms with Crippen LogP contribution in [0.3, 0.4) is 0 Å². The number of benzene rings is 1. The molecule has 20 heavy (non-hydrogen) atoms. The molecule has 0 radical (unpaired) electrons. The van der Waals surface area contributed by atoms with Crippen molar-refractivity contribution < 1.29 is 9.66 Å². The zero-order chi connectivity index (χ0) is 14.5. The van der Waals surface area contributed by atoms with E-state index in [1.165, 1.54) is 6.07 Å². The first-order chi connectivity index (χ1) is 9.63. The van der Waals surface area contributed by atoms with Gasteiger partial charge in [0.2, 0.25) is 0 Å². The van der Waals surface area contributed by atoms with Crippen molar-refractivity contribution in [1.29, 1.82) is 0 Å². The fraction of sp³-hybridized carbons (Fsp3) is 0.308. The minimum absolute atomic E-state index is 0.0705. The summed E-state index contributed by atoms with van der Waals surface area (Å²) in [6.45, 7) is 2.51. The summed E-state index contributed by atoms with van der Waals surface area (Å²) in [6.07, 6.45) is 0.871. The standard InChI is InChI=1S/C13H15N3O3S/c1-2-13-15-10(8-20-13)7-19-12-4-3-9(6-14)5-11(12)16(17)18/h3-5,8H,2,6-7,14H2,1H3. The number of hydrogen-bond acceptors (Lipinski definition) is 6. The Kier molecular flexibility index (Phi) is 4.65. The Morgan fingerprint density at radius 3 is 2.90 bits per heavy atom. The summed E-state index contributed by atoms with van der Waals surface area (Å²) in [4.78, 5) is 14.9. The molecule has 0 aliphatic heterocycles. The maximum atomic E-state index is 11.0. The molecule has 2 aromatic rings. The van der Waals surface area contributed by atoms with Crippen molar-refractivity contribution in [2.75, 3.05) is 0 Å². The highest BCUT2D eigenvalue weighted by Gasteiger charge is 2.16. The van der Waals surface area contributed by atoms with E-state index in [2.05, 4.69) is 4.98 Å². The molecule has 0 aliphatic rings. The number of nitro groups is 1. The molecule has 0 fully saturated rings. The van der Waals surface area contributed by atoms with Gasteiger partial charge < -0.3 is 10.5 Å². The minimum atomic E-state index is -0.465. The number of hydrogen-bond donors (Lipinski definition) is 1. The van der Waals surface area contributed by atoms with Crippen LogP contribution in [0.15, 0.2) is 23.6 Å². The average molecular weight is 293 g/mol. The Morgan fingerprint density at radius 1 is 1.50 bits per heavy atom. The van der Waals surface area contributed by atoms with Gasteiger partial charge >= 0.3 is 5.69 Å². The van der Waals surface area contributed by atoms with Crippen molar-refractivity contribution in [2.45, 2.75) is 26.5 Å². The molecule has 7 heteroatoms. The second-order valence-corrected chi connectivity index (χ2v) is 5.08. The predicted octanol–water partition coefficient (Wildman–Crippen LogP) is 2.65. The van der Waals surface area contributed by atoms with Gasteiger partial charge in [0.1, 0.15) is 6.61 Å². The van der Waals surface area contributed by atoms with Crippen molar-refractivity contribution >= 4 is 17.0 Å². The molecule has 0 unspecified atom stereocenters. The summed E-state index contributed by atoms with van der Waals surface area (Å²) in [5.41, 5.74) is 6.89. The molecule has 1 heterocycles. The van der Waals surface area contributed by atoms with Crippen molar-refractivity contribution in [3.8, 4) is 5.75 Å². The second kappa shape index (κ2) is 6.44. The number of aromatic nitrogens is 1. The summed E-state index contributed by atoms with van der Waals surface area (Å²) in [5.74, 6) is 0.234. The smallest absolute Gasteiger partial charge is 0.311 e. The van der Waals surface area contributed by atoms with Gasteiger partial charge in [-0.15, -0.1) is 11.3 Å². The van der Waals surface area contributed by atoms with Crippen LogP contribution in [0.2, 0.25) is 0 Å². The van der Waals surface area contributed by atoms with Crippen LogP contribution in [0.25, 0.3) is 0 Å². The van der Waals surface area contributed by atoms with Gasteiger partial charge in [-0.3, -0.25) is 10.1 Å². The van der Waals surface area contributed by atoms with E-state index < -0.39 is 4.92 Å². The summed E-state index contributed by atoms with van der Waals surface area (Å²) in [5, 5.41) is 13.9. The normalized spacial score (nSPS) is 10.5. The van der Waals surface area contributed by atoms with E-state index in [0.717, 1.165) is 17.1 Å². The lowest BCUT2D eigenvalue weighted by Crippen LogP contribution is -2.02. The maximum Gasteiger partial charge on any atom is 0.311 e. The SMILES string of the molecule is CCc1nc(COc2ccc(CN)cc2[N+](=O)[O-])cs1. The van der Waals surface area contributed by atoms with Crippen molar-refractivity contribution in [3.63, 3.8) is 0 Å². The van der Waals surface area contributed by atoms with Gasteiger partial charge in [-0.05, 0) is 18.1 Å². The van der Waals surface area contributed by atoms with E-state index >= 15 is 0 Å². The molecule has 0 bridgehead atoms. The zero-order valence-corrected chi connectivity index (χ0v) is 11.9. The van der Waals surface area contributed by atoms with Crippen LogP contribution in [0.5, 0.6) is 5.75 Å². The molecule has 0 saturated heterocycles. The van der Waals surface area contributed by atoms with Crippen molar-refractivity contribution in [2.24, 2.45) is 5.73 Å². The second-order valence-electron chi connectivity index (χ2n) is 4.14. The first kappa shape index (κ1) is 14.4. The van der Waals surface area contributed by atoms with E-state index in [1.54, 1.807) is 23.5 Å². The Hall–Kier alpha value is -1.99. The quantitative estimate of drug-likeness (QED) is 0.653. The van der Waals surface area contributed by atoms with Gasteiger partial charge in [0.25, 0.3) is 0 Å². The van der Waals surface area contributed by atoms with Crippen LogP contribution in [-0.4, -0.2) is 9.91 Å². The van der Waals surface area contributed by atoms with E-state index in [4.69, 9.17) is 10.5 Å². The first-order valence-corrected chi connectivity index (χ1v) is 7.05. The molecule has 0 aliphatic carbocycles. The highest BCUT2D eigenvalue weighted by atomic mass is 32.1. The number of ether oxygens (including phenoxy) is 1. The van der Waals surface area contributed by atoms with Crippen molar-refractivity contribution in [3.05, 3.63) is 50.0 Å². The molecular weight excluding hydrogens is 278 g/mol. The largest absolute Gasteiger partial charge is 0.480 e. The van der Waals surface area contributed by atoms with Gasteiger partial charge in [-0.1, -0.05) is 13.0 Å². The number of nitrogens with two attached hydrogens (primary N) is 1. The summed E-state index contributed by atoms with van der Waals surface area (Å²) >= 11 is 1.56. The molecule has 1 aromatic carbocycles. The van der Waals surface area contributed by atoms with E-state index in [1.807, 2.05) is 12.3 Å². The monoisotopic (exact) mass is 293 g/mol. The molecule has 2 N–H and O–H groups in total. The molecule has 1 aromatic heterocycles. The third-order valence-corrected chi connectivity index (χ3v) is 3.78. The number of aryl methyl sites for hydroxylation is 1. The highest BCUT2D eigenvalue weighted by molar-refractivity contribution is 7.09. The highest BCUT2D eigenvalue weighted by Crippen LogP contribution is 2.28. The molecule has 2 rings (SSSR count). The van der Waals surface area contributed by atoms with Crippen LogP contribution in [0.4, 0.5) is 5.69 Å². The minimum Gasteiger partial charge on any atom is -0.480 e. The fourth-order valence-electron chi connectivity index (χ4n) is 1.68.